The van der Waals surface area contributed by atoms with Gasteiger partial charge in [-0.3, -0.25) is 10.1 Å². The van der Waals surface area contributed by atoms with Crippen LogP contribution < -0.4 is 11.1 Å². The van der Waals surface area contributed by atoms with Crippen LogP contribution in [-0.4, -0.2) is 27.4 Å². The van der Waals surface area contributed by atoms with Gasteiger partial charge in [-0.1, -0.05) is 30.0 Å². The molecule has 1 amide bonds. The molecule has 7 heteroatoms. The summed E-state index contributed by atoms with van der Waals surface area (Å²) >= 11 is 2.99. The molecule has 0 spiro atoms. The van der Waals surface area contributed by atoms with Crippen molar-refractivity contribution in [2.24, 2.45) is 5.73 Å². The van der Waals surface area contributed by atoms with Crippen molar-refractivity contribution in [2.75, 3.05) is 11.1 Å². The second-order valence-electron chi connectivity index (χ2n) is 3.42. The van der Waals surface area contributed by atoms with Crippen LogP contribution >= 0.6 is 23.1 Å². The molecule has 0 unspecified atom stereocenters. The Kier molecular flexibility index (Phi) is 2.94. The van der Waals surface area contributed by atoms with E-state index in [2.05, 4.69) is 15.5 Å². The number of aromatic nitrogens is 2. The number of thioether (sulfide) groups is 1. The van der Waals surface area contributed by atoms with Crippen LogP contribution in [0.2, 0.25) is 0 Å². The molecular formula is C8H12N4OS2. The monoisotopic (exact) mass is 244 g/mol. The number of carbonyl (C=O) groups excluding carboxylic acids is 1. The van der Waals surface area contributed by atoms with Gasteiger partial charge in [0.2, 0.25) is 11.0 Å². The fraction of sp³-hybridized carbons (Fsp3) is 0.625. The Bertz CT molecular complexity index is 374. The third kappa shape index (κ3) is 2.47. The Morgan fingerprint density at radius 3 is 3.00 bits per heavy atom. The van der Waals surface area contributed by atoms with Gasteiger partial charge in [-0.25, -0.2) is 0 Å². The molecule has 5 nitrogen and oxygen atoms in total. The largest absolute Gasteiger partial charge is 0.317 e. The number of hydrogen-bond donors (Lipinski definition) is 2. The van der Waals surface area contributed by atoms with Crippen LogP contribution in [0.15, 0.2) is 4.34 Å². The Balaban J connectivity index is 1.95. The first-order valence-corrected chi connectivity index (χ1v) is 6.51. The van der Waals surface area contributed by atoms with E-state index in [9.17, 15) is 4.79 Å². The van der Waals surface area contributed by atoms with E-state index in [0.717, 1.165) is 22.9 Å². The van der Waals surface area contributed by atoms with Crippen LogP contribution in [0.3, 0.4) is 0 Å². The van der Waals surface area contributed by atoms with Crippen molar-refractivity contribution in [3.63, 3.8) is 0 Å². The van der Waals surface area contributed by atoms with Gasteiger partial charge < -0.3 is 5.73 Å². The first kappa shape index (κ1) is 10.8. The Morgan fingerprint density at radius 1 is 1.67 bits per heavy atom. The molecule has 0 bridgehead atoms. The van der Waals surface area contributed by atoms with Gasteiger partial charge in [-0.05, 0) is 18.6 Å². The van der Waals surface area contributed by atoms with Crippen molar-refractivity contribution >= 4 is 34.1 Å². The molecule has 2 rings (SSSR count). The number of rotatable bonds is 4. The zero-order chi connectivity index (χ0) is 10.9. The number of nitrogens with two attached hydrogens (primary N) is 1. The van der Waals surface area contributed by atoms with Gasteiger partial charge in [-0.15, -0.1) is 10.2 Å². The van der Waals surface area contributed by atoms with Crippen LogP contribution in [0.4, 0.5) is 5.13 Å². The Morgan fingerprint density at radius 2 is 2.40 bits per heavy atom. The summed E-state index contributed by atoms with van der Waals surface area (Å²) in [6.45, 7) is 2.05. The summed E-state index contributed by atoms with van der Waals surface area (Å²) in [6, 6.07) is 0. The van der Waals surface area contributed by atoms with E-state index in [1.165, 1.54) is 11.3 Å². The molecular weight excluding hydrogens is 232 g/mol. The maximum Gasteiger partial charge on any atom is 0.246 e. The van der Waals surface area contributed by atoms with Gasteiger partial charge in [0.1, 0.15) is 0 Å². The van der Waals surface area contributed by atoms with Crippen LogP contribution in [0, 0.1) is 0 Å². The van der Waals surface area contributed by atoms with Crippen molar-refractivity contribution in [1.29, 1.82) is 0 Å². The fourth-order valence-electron chi connectivity index (χ4n) is 1.03. The number of amides is 1. The van der Waals surface area contributed by atoms with E-state index in [-0.39, 0.29) is 5.91 Å². The van der Waals surface area contributed by atoms with Gasteiger partial charge in [-0.2, -0.15) is 0 Å². The second-order valence-corrected chi connectivity index (χ2v) is 5.91. The van der Waals surface area contributed by atoms with Crippen molar-refractivity contribution in [3.05, 3.63) is 0 Å². The highest BCUT2D eigenvalue weighted by Gasteiger charge is 2.46. The standard InChI is InChI=1S/C8H12N4OS2/c1-2-14-7-12-11-6(15-7)10-5(13)8(9)3-4-8/h2-4,9H2,1H3,(H,10,11,13). The summed E-state index contributed by atoms with van der Waals surface area (Å²) in [4.78, 5) is 11.6. The second kappa shape index (κ2) is 4.07. The molecule has 1 aliphatic carbocycles. The van der Waals surface area contributed by atoms with Crippen LogP contribution in [0.1, 0.15) is 19.8 Å². The quantitative estimate of drug-likeness (QED) is 0.612. The highest BCUT2D eigenvalue weighted by Crippen LogP contribution is 2.34. The van der Waals surface area contributed by atoms with Crippen LogP contribution in [0.5, 0.6) is 0 Å². The lowest BCUT2D eigenvalue weighted by Crippen LogP contribution is -2.37. The molecule has 3 N–H and O–H groups in total. The molecule has 0 aromatic carbocycles. The van der Waals surface area contributed by atoms with Crippen molar-refractivity contribution in [2.45, 2.75) is 29.6 Å². The Hall–Kier alpha value is -0.660. The molecule has 82 valence electrons. The van der Waals surface area contributed by atoms with Gasteiger partial charge in [0.05, 0.1) is 5.54 Å². The first-order valence-electron chi connectivity index (χ1n) is 4.71. The van der Waals surface area contributed by atoms with Gasteiger partial charge in [0.15, 0.2) is 4.34 Å². The molecule has 1 aromatic heterocycles. The van der Waals surface area contributed by atoms with Crippen molar-refractivity contribution < 1.29 is 4.79 Å². The lowest BCUT2D eigenvalue weighted by atomic mass is 10.3. The molecule has 0 saturated heterocycles. The van der Waals surface area contributed by atoms with Crippen molar-refractivity contribution in [3.8, 4) is 0 Å². The highest BCUT2D eigenvalue weighted by atomic mass is 32.2. The normalized spacial score (nSPS) is 17.5. The third-order valence-corrected chi connectivity index (χ3v) is 3.99. The summed E-state index contributed by atoms with van der Waals surface area (Å²) in [7, 11) is 0. The van der Waals surface area contributed by atoms with E-state index in [1.807, 2.05) is 6.92 Å². The van der Waals surface area contributed by atoms with E-state index in [4.69, 9.17) is 5.73 Å². The van der Waals surface area contributed by atoms with E-state index < -0.39 is 5.54 Å². The van der Waals surface area contributed by atoms with Crippen molar-refractivity contribution in [1.82, 2.24) is 10.2 Å². The summed E-state index contributed by atoms with van der Waals surface area (Å²) in [5.41, 5.74) is 5.09. The lowest BCUT2D eigenvalue weighted by molar-refractivity contribution is -0.118. The Labute approximate surface area is 95.8 Å². The fourth-order valence-corrected chi connectivity index (χ4v) is 2.67. The molecule has 1 fully saturated rings. The zero-order valence-electron chi connectivity index (χ0n) is 8.32. The summed E-state index contributed by atoms with van der Waals surface area (Å²) in [6.07, 6.45) is 1.52. The average molecular weight is 244 g/mol. The number of nitrogens with one attached hydrogen (secondary N) is 1. The molecule has 0 atom stereocenters. The number of hydrogen-bond acceptors (Lipinski definition) is 6. The lowest BCUT2D eigenvalue weighted by Gasteiger charge is -2.05. The molecule has 15 heavy (non-hydrogen) atoms. The highest BCUT2D eigenvalue weighted by molar-refractivity contribution is 8.01. The minimum Gasteiger partial charge on any atom is -0.317 e. The van der Waals surface area contributed by atoms with Crippen LogP contribution in [-0.2, 0) is 4.79 Å². The maximum absolute atomic E-state index is 11.6. The van der Waals surface area contributed by atoms with Gasteiger partial charge >= 0.3 is 0 Å². The minimum atomic E-state index is -0.649. The predicted molar refractivity (Wildman–Crippen MR) is 61.1 cm³/mol. The molecule has 1 aliphatic rings. The predicted octanol–water partition coefficient (Wildman–Crippen LogP) is 1.08. The van der Waals surface area contributed by atoms with Gasteiger partial charge in [0.25, 0.3) is 0 Å². The molecule has 0 radical (unpaired) electrons. The van der Waals surface area contributed by atoms with E-state index >= 15 is 0 Å². The number of anilines is 1. The SMILES string of the molecule is CCSc1nnc(NC(=O)C2(N)CC2)s1. The molecule has 0 aliphatic heterocycles. The molecule has 1 saturated carbocycles. The van der Waals surface area contributed by atoms with Crippen LogP contribution in [0.25, 0.3) is 0 Å². The summed E-state index contributed by atoms with van der Waals surface area (Å²) in [5.74, 6) is 0.801. The minimum absolute atomic E-state index is 0.147. The molecule has 1 aromatic rings. The third-order valence-electron chi connectivity index (χ3n) is 2.14. The first-order chi connectivity index (χ1) is 7.14. The number of carbonyl (C=O) groups is 1. The van der Waals surface area contributed by atoms with E-state index in [1.54, 1.807) is 11.8 Å². The topological polar surface area (TPSA) is 80.9 Å². The van der Waals surface area contributed by atoms with E-state index in [0.29, 0.717) is 5.13 Å². The maximum atomic E-state index is 11.6. The zero-order valence-corrected chi connectivity index (χ0v) is 9.95. The van der Waals surface area contributed by atoms with Gasteiger partial charge in [0, 0.05) is 0 Å². The smallest absolute Gasteiger partial charge is 0.246 e. The number of nitrogens with zero attached hydrogens (tertiary/aromatic N) is 2. The summed E-state index contributed by atoms with van der Waals surface area (Å²) in [5, 5.41) is 11.0. The summed E-state index contributed by atoms with van der Waals surface area (Å²) < 4.78 is 0.870. The average Bonchev–Trinajstić information content (AvgIpc) is 2.79. The molecule has 1 heterocycles.